The van der Waals surface area contributed by atoms with Crippen molar-refractivity contribution in [3.63, 3.8) is 0 Å². The summed E-state index contributed by atoms with van der Waals surface area (Å²) in [5.74, 6) is 0.931. The summed E-state index contributed by atoms with van der Waals surface area (Å²) in [4.78, 5) is 15.5. The Morgan fingerprint density at radius 2 is 1.97 bits per heavy atom. The number of nitriles is 1. The molecule has 0 saturated heterocycles. The van der Waals surface area contributed by atoms with Gasteiger partial charge in [-0.2, -0.15) is 10.4 Å². The highest BCUT2D eigenvalue weighted by atomic mass is 35.5. The summed E-state index contributed by atoms with van der Waals surface area (Å²) in [5, 5.41) is 16.9. The average Bonchev–Trinajstić information content (AvgIpc) is 3.40. The summed E-state index contributed by atoms with van der Waals surface area (Å²) in [6.45, 7) is 0. The third-order valence-corrected chi connectivity index (χ3v) is 6.84. The van der Waals surface area contributed by atoms with Crippen molar-refractivity contribution in [2.24, 2.45) is 16.9 Å². The molecule has 0 bridgehead atoms. The Hall–Kier alpha value is -2.71. The minimum Gasteiger partial charge on any atom is -0.283 e. The molecule has 1 fully saturated rings. The average molecular weight is 404 g/mol. The number of anilines is 1. The van der Waals surface area contributed by atoms with E-state index in [9.17, 15) is 10.1 Å². The molecule has 29 heavy (non-hydrogen) atoms. The van der Waals surface area contributed by atoms with E-state index >= 15 is 0 Å². The number of rotatable bonds is 3. The number of halogens is 1. The Morgan fingerprint density at radius 1 is 1.14 bits per heavy atom. The molecule has 1 aromatic carbocycles. The maximum absolute atomic E-state index is 11.0. The summed E-state index contributed by atoms with van der Waals surface area (Å²) in [7, 11) is 0. The third-order valence-electron chi connectivity index (χ3n) is 6.53. The molecule has 5 nitrogen and oxygen atoms in total. The van der Waals surface area contributed by atoms with E-state index in [-0.39, 0.29) is 0 Å². The minimum atomic E-state index is 0.293. The van der Waals surface area contributed by atoms with Crippen molar-refractivity contribution >= 4 is 29.3 Å². The smallest absolute Gasteiger partial charge is 0.253 e. The van der Waals surface area contributed by atoms with Crippen LogP contribution in [0.3, 0.4) is 0 Å². The molecular formula is C23H20ClN4O. The highest BCUT2D eigenvalue weighted by Gasteiger charge is 2.45. The Morgan fingerprint density at radius 3 is 2.69 bits per heavy atom. The first-order valence-electron chi connectivity index (χ1n) is 10.2. The van der Waals surface area contributed by atoms with Crippen LogP contribution in [0.15, 0.2) is 35.4 Å². The van der Waals surface area contributed by atoms with E-state index in [0.717, 1.165) is 35.5 Å². The predicted octanol–water partition coefficient (Wildman–Crippen LogP) is 4.41. The zero-order valence-electron chi connectivity index (χ0n) is 15.9. The van der Waals surface area contributed by atoms with Crippen molar-refractivity contribution in [3.05, 3.63) is 57.9 Å². The van der Waals surface area contributed by atoms with E-state index in [1.54, 1.807) is 12.1 Å². The monoisotopic (exact) mass is 403 g/mol. The van der Waals surface area contributed by atoms with Gasteiger partial charge in [-0.15, -0.1) is 0 Å². The number of benzene rings is 1. The molecular weight excluding hydrogens is 384 g/mol. The molecule has 1 aliphatic heterocycles. The number of hydrogen-bond acceptors (Lipinski definition) is 5. The summed E-state index contributed by atoms with van der Waals surface area (Å²) in [5.41, 5.74) is 4.80. The predicted molar refractivity (Wildman–Crippen MR) is 112 cm³/mol. The van der Waals surface area contributed by atoms with Gasteiger partial charge in [0, 0.05) is 11.5 Å². The second kappa shape index (κ2) is 7.27. The number of aromatic nitrogens is 1. The van der Waals surface area contributed by atoms with Crippen molar-refractivity contribution in [2.45, 2.75) is 44.6 Å². The van der Waals surface area contributed by atoms with Crippen molar-refractivity contribution in [3.8, 4) is 6.07 Å². The van der Waals surface area contributed by atoms with Gasteiger partial charge in [0.05, 0.1) is 33.7 Å². The topological polar surface area (TPSA) is 69.3 Å². The molecule has 1 radical (unpaired) electrons. The number of hydrogen-bond donors (Lipinski definition) is 0. The zero-order chi connectivity index (χ0) is 20.0. The van der Waals surface area contributed by atoms with E-state index in [1.807, 2.05) is 24.5 Å². The van der Waals surface area contributed by atoms with E-state index in [2.05, 4.69) is 16.1 Å². The molecule has 2 unspecified atom stereocenters. The SMILES string of the molecule is N#Cc1ccc(N2N=C3c4ccc([C]=O)nc4CCC3C2C2CCCC2)cc1Cl. The van der Waals surface area contributed by atoms with Crippen molar-refractivity contribution in [1.29, 1.82) is 5.26 Å². The van der Waals surface area contributed by atoms with Crippen LogP contribution in [0.25, 0.3) is 0 Å². The molecule has 2 aliphatic carbocycles. The van der Waals surface area contributed by atoms with Gasteiger partial charge in [-0.3, -0.25) is 9.80 Å². The van der Waals surface area contributed by atoms with E-state index in [1.165, 1.54) is 25.7 Å². The van der Waals surface area contributed by atoms with Gasteiger partial charge in [-0.05, 0) is 61.9 Å². The summed E-state index contributed by atoms with van der Waals surface area (Å²) >= 11 is 6.34. The van der Waals surface area contributed by atoms with Crippen molar-refractivity contribution in [2.75, 3.05) is 5.01 Å². The number of pyridine rings is 1. The lowest BCUT2D eigenvalue weighted by molar-refractivity contribution is 0.353. The van der Waals surface area contributed by atoms with Crippen molar-refractivity contribution < 1.29 is 4.79 Å². The molecule has 0 amide bonds. The van der Waals surface area contributed by atoms with Gasteiger partial charge in [-0.1, -0.05) is 24.4 Å². The first kappa shape index (κ1) is 18.3. The molecule has 1 aromatic heterocycles. The Labute approximate surface area is 175 Å². The van der Waals surface area contributed by atoms with Gasteiger partial charge in [-0.25, -0.2) is 4.98 Å². The molecule has 2 aromatic rings. The molecule has 2 heterocycles. The molecule has 145 valence electrons. The fraction of sp³-hybridized carbons (Fsp3) is 0.391. The third kappa shape index (κ3) is 3.03. The maximum Gasteiger partial charge on any atom is 0.253 e. The molecule has 0 spiro atoms. The summed E-state index contributed by atoms with van der Waals surface area (Å²) in [6.07, 6.45) is 8.68. The zero-order valence-corrected chi connectivity index (χ0v) is 16.7. The number of hydrazone groups is 1. The van der Waals surface area contributed by atoms with Crippen LogP contribution < -0.4 is 5.01 Å². The highest BCUT2D eigenvalue weighted by Crippen LogP contribution is 2.44. The fourth-order valence-electron chi connectivity index (χ4n) is 5.22. The number of nitrogens with zero attached hydrogens (tertiary/aromatic N) is 4. The van der Waals surface area contributed by atoms with Crippen LogP contribution in [0, 0.1) is 23.2 Å². The van der Waals surface area contributed by atoms with Crippen LogP contribution in [0.1, 0.15) is 54.6 Å². The van der Waals surface area contributed by atoms with Gasteiger partial charge in [0.2, 0.25) is 0 Å². The number of carbonyl (C=O) groups excluding carboxylic acids is 1. The molecule has 6 heteroatoms. The molecule has 2 atom stereocenters. The largest absolute Gasteiger partial charge is 0.283 e. The lowest BCUT2D eigenvalue weighted by Crippen LogP contribution is -2.40. The van der Waals surface area contributed by atoms with Gasteiger partial charge < -0.3 is 0 Å². The number of fused-ring (bicyclic) bond motifs is 3. The van der Waals surface area contributed by atoms with Gasteiger partial charge in [0.1, 0.15) is 11.8 Å². The highest BCUT2D eigenvalue weighted by molar-refractivity contribution is 6.32. The summed E-state index contributed by atoms with van der Waals surface area (Å²) in [6, 6.07) is 11.7. The second-order valence-corrected chi connectivity index (χ2v) is 8.49. The molecule has 3 aliphatic rings. The standard InChI is InChI=1S/C23H20ClN4O/c24-20-11-17(7-5-15(20)12-25)28-23(14-3-1-2-4-14)19-9-10-21-18(22(19)27-28)8-6-16(13-29)26-21/h5-8,11,14,19,23H,1-4,9-10H2. The molecule has 0 N–H and O–H groups in total. The van der Waals surface area contributed by atoms with E-state index in [4.69, 9.17) is 16.7 Å². The van der Waals surface area contributed by atoms with E-state index < -0.39 is 0 Å². The fourth-order valence-corrected chi connectivity index (χ4v) is 5.44. The Balaban J connectivity index is 1.60. The van der Waals surface area contributed by atoms with Crippen molar-refractivity contribution in [1.82, 2.24) is 4.98 Å². The van der Waals surface area contributed by atoms with Gasteiger partial charge in [0.25, 0.3) is 6.29 Å². The van der Waals surface area contributed by atoms with Crippen LogP contribution in [-0.4, -0.2) is 23.0 Å². The van der Waals surface area contributed by atoms with Crippen LogP contribution >= 0.6 is 11.6 Å². The van der Waals surface area contributed by atoms with E-state index in [0.29, 0.717) is 34.2 Å². The van der Waals surface area contributed by atoms with Crippen LogP contribution in [0.4, 0.5) is 5.69 Å². The Kier molecular flexibility index (Phi) is 4.60. The normalized spacial score (nSPS) is 23.3. The first-order chi connectivity index (χ1) is 14.2. The minimum absolute atomic E-state index is 0.293. The molecule has 1 saturated carbocycles. The quantitative estimate of drug-likeness (QED) is 0.761. The second-order valence-electron chi connectivity index (χ2n) is 8.08. The van der Waals surface area contributed by atoms with Gasteiger partial charge >= 0.3 is 0 Å². The lowest BCUT2D eigenvalue weighted by atomic mass is 9.76. The van der Waals surface area contributed by atoms with Crippen LogP contribution in [0.2, 0.25) is 5.02 Å². The number of aryl methyl sites for hydroxylation is 1. The maximum atomic E-state index is 11.0. The van der Waals surface area contributed by atoms with Crippen LogP contribution in [-0.2, 0) is 11.2 Å². The summed E-state index contributed by atoms with van der Waals surface area (Å²) < 4.78 is 0. The first-order valence-corrected chi connectivity index (χ1v) is 10.5. The Bertz CT molecular complexity index is 1050. The molecule has 5 rings (SSSR count). The van der Waals surface area contributed by atoms with Crippen LogP contribution in [0.5, 0.6) is 0 Å². The lowest BCUT2D eigenvalue weighted by Gasteiger charge is -2.34. The van der Waals surface area contributed by atoms with Gasteiger partial charge in [0.15, 0.2) is 0 Å².